The lowest BCUT2D eigenvalue weighted by Gasteiger charge is -2.10. The number of carbonyl (C=O) groups excluding carboxylic acids is 1. The van der Waals surface area contributed by atoms with E-state index >= 15 is 0 Å². The number of alkyl halides is 2. The minimum absolute atomic E-state index is 0.0754. The highest BCUT2D eigenvalue weighted by Gasteiger charge is 2.22. The molecule has 2 aromatic carbocycles. The quantitative estimate of drug-likeness (QED) is 0.349. The van der Waals surface area contributed by atoms with Gasteiger partial charge in [-0.3, -0.25) is 14.9 Å². The molecule has 2 aromatic heterocycles. The summed E-state index contributed by atoms with van der Waals surface area (Å²) in [4.78, 5) is 27.5. The third kappa shape index (κ3) is 3.87. The Morgan fingerprint density at radius 2 is 1.88 bits per heavy atom. The number of anilines is 1. The molecule has 0 spiro atoms. The Morgan fingerprint density at radius 3 is 2.50 bits per heavy atom. The number of halogens is 3. The van der Waals surface area contributed by atoms with Gasteiger partial charge in [0.15, 0.2) is 5.65 Å². The molecule has 11 heteroatoms. The fourth-order valence-electron chi connectivity index (χ4n) is 3.16. The lowest BCUT2D eigenvalue weighted by Crippen LogP contribution is -2.13. The average Bonchev–Trinajstić information content (AvgIpc) is 3.18. The van der Waals surface area contributed by atoms with E-state index in [9.17, 15) is 28.1 Å². The van der Waals surface area contributed by atoms with E-state index in [0.29, 0.717) is 16.8 Å². The molecule has 162 valence electrons. The number of hydrogen-bond acceptors (Lipinski definition) is 5. The van der Waals surface area contributed by atoms with Crippen LogP contribution in [-0.2, 0) is 0 Å². The zero-order valence-electron chi connectivity index (χ0n) is 16.4. The van der Waals surface area contributed by atoms with Crippen LogP contribution in [0.5, 0.6) is 0 Å². The average molecular weight is 441 g/mol. The van der Waals surface area contributed by atoms with Gasteiger partial charge in [0.05, 0.1) is 16.8 Å². The first-order chi connectivity index (χ1) is 15.2. The number of non-ortho nitro benzene ring substituents is 1. The van der Waals surface area contributed by atoms with Crippen LogP contribution in [0, 0.1) is 22.9 Å². The number of benzene rings is 2. The summed E-state index contributed by atoms with van der Waals surface area (Å²) in [6, 6.07) is 10.2. The van der Waals surface area contributed by atoms with Crippen molar-refractivity contribution in [3.05, 3.63) is 87.5 Å². The first kappa shape index (κ1) is 21.0. The molecule has 0 saturated carbocycles. The Labute approximate surface area is 178 Å². The van der Waals surface area contributed by atoms with E-state index in [4.69, 9.17) is 0 Å². The second-order valence-electron chi connectivity index (χ2n) is 6.88. The van der Waals surface area contributed by atoms with Gasteiger partial charge in [-0.15, -0.1) is 0 Å². The first-order valence-electron chi connectivity index (χ1n) is 9.24. The molecule has 0 saturated heterocycles. The van der Waals surface area contributed by atoms with Gasteiger partial charge in [-0.1, -0.05) is 0 Å². The van der Waals surface area contributed by atoms with E-state index in [2.05, 4.69) is 15.4 Å². The Morgan fingerprint density at radius 1 is 1.16 bits per heavy atom. The van der Waals surface area contributed by atoms with Crippen molar-refractivity contribution in [2.75, 3.05) is 5.32 Å². The van der Waals surface area contributed by atoms with Gasteiger partial charge >= 0.3 is 0 Å². The summed E-state index contributed by atoms with van der Waals surface area (Å²) in [5, 5.41) is 17.4. The molecule has 8 nitrogen and oxygen atoms in total. The number of carbonyl (C=O) groups is 1. The fourth-order valence-corrected chi connectivity index (χ4v) is 3.16. The maximum absolute atomic E-state index is 13.7. The molecule has 0 aliphatic carbocycles. The van der Waals surface area contributed by atoms with Gasteiger partial charge in [-0.2, -0.15) is 5.10 Å². The maximum atomic E-state index is 13.7. The van der Waals surface area contributed by atoms with Crippen LogP contribution in [0.2, 0.25) is 0 Å². The lowest BCUT2D eigenvalue weighted by atomic mass is 10.1. The van der Waals surface area contributed by atoms with Crippen LogP contribution in [0.15, 0.2) is 54.7 Å². The summed E-state index contributed by atoms with van der Waals surface area (Å²) in [7, 11) is 0. The van der Waals surface area contributed by atoms with Gasteiger partial charge in [-0.25, -0.2) is 22.7 Å². The van der Waals surface area contributed by atoms with E-state index in [1.165, 1.54) is 42.5 Å². The standard InChI is InChI=1S/C21H14F3N5O3/c1-11-8-14(29(31)32)6-7-16(11)27-21(30)15-10-25-28-18(19(23)24)9-17(26-20(15)28)12-2-4-13(22)5-3-12/h2-10,19H,1H3,(H,27,30). The van der Waals surface area contributed by atoms with Crippen molar-refractivity contribution in [2.45, 2.75) is 13.3 Å². The molecular weight excluding hydrogens is 427 g/mol. The number of nitrogens with one attached hydrogen (secondary N) is 1. The Kier molecular flexibility index (Phi) is 5.31. The number of amides is 1. The van der Waals surface area contributed by atoms with E-state index in [0.717, 1.165) is 16.8 Å². The second kappa shape index (κ2) is 8.10. The number of nitro groups is 1. The van der Waals surface area contributed by atoms with Gasteiger partial charge in [0.1, 0.15) is 17.1 Å². The summed E-state index contributed by atoms with van der Waals surface area (Å²) >= 11 is 0. The normalized spacial score (nSPS) is 11.2. The summed E-state index contributed by atoms with van der Waals surface area (Å²) in [5.41, 5.74) is 0.445. The van der Waals surface area contributed by atoms with Crippen LogP contribution in [0.1, 0.15) is 28.0 Å². The SMILES string of the molecule is Cc1cc([N+](=O)[O-])ccc1NC(=O)c1cnn2c(C(F)F)cc(-c3ccc(F)cc3)nc12. The van der Waals surface area contributed by atoms with Gasteiger partial charge in [0.2, 0.25) is 0 Å². The van der Waals surface area contributed by atoms with Crippen LogP contribution in [0.4, 0.5) is 24.5 Å². The van der Waals surface area contributed by atoms with Crippen molar-refractivity contribution in [1.29, 1.82) is 0 Å². The van der Waals surface area contributed by atoms with E-state index in [1.54, 1.807) is 6.92 Å². The van der Waals surface area contributed by atoms with Crippen molar-refractivity contribution >= 4 is 22.9 Å². The fraction of sp³-hybridized carbons (Fsp3) is 0.0952. The Balaban J connectivity index is 1.76. The van der Waals surface area contributed by atoms with Crippen molar-refractivity contribution in [3.8, 4) is 11.3 Å². The van der Waals surface area contributed by atoms with Crippen molar-refractivity contribution in [1.82, 2.24) is 14.6 Å². The molecule has 4 rings (SSSR count). The minimum atomic E-state index is -2.91. The van der Waals surface area contributed by atoms with Crippen molar-refractivity contribution in [3.63, 3.8) is 0 Å². The summed E-state index contributed by atoms with van der Waals surface area (Å²) < 4.78 is 41.4. The predicted molar refractivity (Wildman–Crippen MR) is 109 cm³/mol. The molecule has 1 N–H and O–H groups in total. The number of hydrogen-bond donors (Lipinski definition) is 1. The molecule has 4 aromatic rings. The number of fused-ring (bicyclic) bond motifs is 1. The van der Waals surface area contributed by atoms with Crippen molar-refractivity contribution < 1.29 is 22.9 Å². The highest BCUT2D eigenvalue weighted by atomic mass is 19.3. The van der Waals surface area contributed by atoms with Crippen LogP contribution >= 0.6 is 0 Å². The molecule has 0 atom stereocenters. The van der Waals surface area contributed by atoms with E-state index < -0.39 is 28.8 Å². The van der Waals surface area contributed by atoms with Crippen LogP contribution in [0.25, 0.3) is 16.9 Å². The van der Waals surface area contributed by atoms with Gasteiger partial charge in [0.25, 0.3) is 18.0 Å². The highest BCUT2D eigenvalue weighted by molar-refractivity contribution is 6.08. The van der Waals surface area contributed by atoms with Crippen LogP contribution in [-0.4, -0.2) is 25.4 Å². The van der Waals surface area contributed by atoms with Gasteiger partial charge in [0, 0.05) is 23.4 Å². The smallest absolute Gasteiger partial charge is 0.280 e. The maximum Gasteiger partial charge on any atom is 0.280 e. The Bertz CT molecular complexity index is 1350. The molecule has 0 fully saturated rings. The second-order valence-corrected chi connectivity index (χ2v) is 6.88. The number of nitro benzene ring substituents is 1. The predicted octanol–water partition coefficient (Wildman–Crippen LogP) is 4.94. The number of aryl methyl sites for hydroxylation is 1. The number of nitrogens with zero attached hydrogens (tertiary/aromatic N) is 4. The number of rotatable bonds is 5. The van der Waals surface area contributed by atoms with Crippen LogP contribution in [0.3, 0.4) is 0 Å². The third-order valence-corrected chi connectivity index (χ3v) is 4.78. The number of aromatic nitrogens is 3. The molecule has 0 aliphatic rings. The van der Waals surface area contributed by atoms with Crippen LogP contribution < -0.4 is 5.32 Å². The molecule has 0 radical (unpaired) electrons. The Hall–Kier alpha value is -4.28. The van der Waals surface area contributed by atoms with E-state index in [-0.39, 0.29) is 22.6 Å². The molecule has 0 aliphatic heterocycles. The topological polar surface area (TPSA) is 102 Å². The largest absolute Gasteiger partial charge is 0.322 e. The van der Waals surface area contributed by atoms with Gasteiger partial charge < -0.3 is 5.32 Å². The molecule has 0 bridgehead atoms. The molecular formula is C21H14F3N5O3. The summed E-state index contributed by atoms with van der Waals surface area (Å²) in [6.45, 7) is 1.58. The molecule has 1 amide bonds. The zero-order valence-corrected chi connectivity index (χ0v) is 16.4. The van der Waals surface area contributed by atoms with E-state index in [1.807, 2.05) is 0 Å². The zero-order chi connectivity index (χ0) is 23.0. The lowest BCUT2D eigenvalue weighted by molar-refractivity contribution is -0.384. The first-order valence-corrected chi connectivity index (χ1v) is 9.24. The molecule has 2 heterocycles. The molecule has 32 heavy (non-hydrogen) atoms. The third-order valence-electron chi connectivity index (χ3n) is 4.78. The van der Waals surface area contributed by atoms with Crippen molar-refractivity contribution in [2.24, 2.45) is 0 Å². The summed E-state index contributed by atoms with van der Waals surface area (Å²) in [6.07, 6.45) is -1.80. The highest BCUT2D eigenvalue weighted by Crippen LogP contribution is 2.28. The minimum Gasteiger partial charge on any atom is -0.322 e. The summed E-state index contributed by atoms with van der Waals surface area (Å²) in [5.74, 6) is -1.17. The monoisotopic (exact) mass is 441 g/mol. The van der Waals surface area contributed by atoms with Gasteiger partial charge in [-0.05, 0) is 48.9 Å². The molecule has 0 unspecified atom stereocenters.